The van der Waals surface area contributed by atoms with Gasteiger partial charge in [0.25, 0.3) is 0 Å². The number of aliphatic hydroxyl groups is 1. The summed E-state index contributed by atoms with van der Waals surface area (Å²) in [7, 11) is 0. The Morgan fingerprint density at radius 2 is 2.30 bits per heavy atom. The number of piperidine rings is 1. The van der Waals surface area contributed by atoms with Crippen LogP contribution in [0, 0.1) is 5.92 Å². The first-order valence-corrected chi connectivity index (χ1v) is 9.14. The molecule has 3 unspecified atom stereocenters. The normalized spacial score (nSPS) is 38.4. The van der Waals surface area contributed by atoms with Crippen molar-refractivity contribution in [2.75, 3.05) is 31.1 Å². The molecule has 3 rings (SSSR count). The van der Waals surface area contributed by atoms with Crippen LogP contribution in [0.2, 0.25) is 0 Å². The lowest BCUT2D eigenvalue weighted by molar-refractivity contribution is -0.143. The second kappa shape index (κ2) is 6.24. The Labute approximate surface area is 125 Å². The second-order valence-electron chi connectivity index (χ2n) is 6.57. The number of carbonyl (C=O) groups excluding carboxylic acids is 1. The molecule has 0 aromatic carbocycles. The number of rotatable bonds is 2. The van der Waals surface area contributed by atoms with Crippen molar-refractivity contribution in [1.82, 2.24) is 10.2 Å². The molecular formula is C15H26N2O2S. The van der Waals surface area contributed by atoms with Crippen LogP contribution in [0.3, 0.4) is 0 Å². The average Bonchev–Trinajstić information content (AvgIpc) is 2.47. The number of nitrogens with zero attached hydrogens (tertiary/aromatic N) is 1. The third kappa shape index (κ3) is 3.15. The molecule has 4 nitrogen and oxygen atoms in total. The van der Waals surface area contributed by atoms with Gasteiger partial charge in [0.05, 0.1) is 5.60 Å². The Morgan fingerprint density at radius 1 is 1.40 bits per heavy atom. The summed E-state index contributed by atoms with van der Waals surface area (Å²) in [6.07, 6.45) is 5.76. The molecule has 0 spiro atoms. The maximum absolute atomic E-state index is 12.4. The van der Waals surface area contributed by atoms with Crippen LogP contribution >= 0.6 is 11.8 Å². The van der Waals surface area contributed by atoms with Crippen LogP contribution in [-0.2, 0) is 4.79 Å². The first-order valence-electron chi connectivity index (χ1n) is 7.99. The molecule has 0 aromatic rings. The van der Waals surface area contributed by atoms with Crippen LogP contribution in [0.4, 0.5) is 0 Å². The Bertz CT molecular complexity index is 360. The lowest BCUT2D eigenvalue weighted by Gasteiger charge is -2.47. The van der Waals surface area contributed by atoms with Gasteiger partial charge in [0, 0.05) is 49.5 Å². The number of hydrogen-bond acceptors (Lipinski definition) is 4. The molecule has 3 fully saturated rings. The molecule has 1 amide bonds. The zero-order valence-electron chi connectivity index (χ0n) is 12.1. The molecule has 2 heterocycles. The van der Waals surface area contributed by atoms with E-state index in [0.717, 1.165) is 56.8 Å². The van der Waals surface area contributed by atoms with Crippen molar-refractivity contribution in [2.45, 2.75) is 50.2 Å². The summed E-state index contributed by atoms with van der Waals surface area (Å²) in [6, 6.07) is 0.341. The maximum Gasteiger partial charge on any atom is 0.224 e. The van der Waals surface area contributed by atoms with E-state index < -0.39 is 5.60 Å². The smallest absolute Gasteiger partial charge is 0.224 e. The van der Waals surface area contributed by atoms with Crippen molar-refractivity contribution in [3.8, 4) is 0 Å². The van der Waals surface area contributed by atoms with Crippen LogP contribution in [0.25, 0.3) is 0 Å². The highest BCUT2D eigenvalue weighted by Crippen LogP contribution is 2.39. The van der Waals surface area contributed by atoms with E-state index in [1.807, 2.05) is 16.7 Å². The van der Waals surface area contributed by atoms with Crippen LogP contribution < -0.4 is 5.32 Å². The van der Waals surface area contributed by atoms with E-state index in [1.165, 1.54) is 6.42 Å². The summed E-state index contributed by atoms with van der Waals surface area (Å²) in [5.41, 5.74) is -0.478. The topological polar surface area (TPSA) is 52.6 Å². The maximum atomic E-state index is 12.4. The van der Waals surface area contributed by atoms with Gasteiger partial charge in [-0.15, -0.1) is 0 Å². The standard InChI is InChI=1S/C15H26N2O2S/c18-14(9-13-11-20-8-6-16-13)17-7-5-15(19)4-2-1-3-12(15)10-17/h12-13,16,19H,1-11H2. The first-order chi connectivity index (χ1) is 9.67. The molecule has 3 aliphatic rings. The third-order valence-corrected chi connectivity index (χ3v) is 6.33. The van der Waals surface area contributed by atoms with Crippen molar-refractivity contribution in [3.05, 3.63) is 0 Å². The lowest BCUT2D eigenvalue weighted by atomic mass is 9.71. The van der Waals surface area contributed by atoms with Gasteiger partial charge in [-0.25, -0.2) is 0 Å². The van der Waals surface area contributed by atoms with Crippen molar-refractivity contribution >= 4 is 17.7 Å². The summed E-state index contributed by atoms with van der Waals surface area (Å²) >= 11 is 1.94. The highest BCUT2D eigenvalue weighted by molar-refractivity contribution is 7.99. The fourth-order valence-electron chi connectivity index (χ4n) is 3.89. The van der Waals surface area contributed by atoms with E-state index in [4.69, 9.17) is 0 Å². The molecule has 2 N–H and O–H groups in total. The number of hydrogen-bond donors (Lipinski definition) is 2. The SMILES string of the molecule is O=C(CC1CSCCN1)N1CCC2(O)CCCCC2C1. The summed E-state index contributed by atoms with van der Waals surface area (Å²) in [5.74, 6) is 2.79. The predicted molar refractivity (Wildman–Crippen MR) is 81.8 cm³/mol. The molecule has 1 aliphatic carbocycles. The molecule has 0 radical (unpaired) electrons. The van der Waals surface area contributed by atoms with Gasteiger partial charge in [0.15, 0.2) is 0 Å². The van der Waals surface area contributed by atoms with Gasteiger partial charge in [0.1, 0.15) is 0 Å². The van der Waals surface area contributed by atoms with Crippen LogP contribution in [0.15, 0.2) is 0 Å². The number of carbonyl (C=O) groups is 1. The molecule has 2 saturated heterocycles. The lowest BCUT2D eigenvalue weighted by Crippen LogP contribution is -2.55. The van der Waals surface area contributed by atoms with Crippen molar-refractivity contribution < 1.29 is 9.90 Å². The van der Waals surface area contributed by atoms with E-state index in [2.05, 4.69) is 5.32 Å². The fourth-order valence-corrected chi connectivity index (χ4v) is 4.84. The van der Waals surface area contributed by atoms with E-state index in [-0.39, 0.29) is 5.91 Å². The second-order valence-corrected chi connectivity index (χ2v) is 7.72. The Kier molecular flexibility index (Phi) is 4.58. The monoisotopic (exact) mass is 298 g/mol. The van der Waals surface area contributed by atoms with E-state index in [1.54, 1.807) is 0 Å². The molecule has 2 aliphatic heterocycles. The molecule has 5 heteroatoms. The molecule has 114 valence electrons. The van der Waals surface area contributed by atoms with Gasteiger partial charge in [-0.05, 0) is 19.3 Å². The molecular weight excluding hydrogens is 272 g/mol. The Balaban J connectivity index is 1.54. The first kappa shape index (κ1) is 14.7. The minimum Gasteiger partial charge on any atom is -0.389 e. The van der Waals surface area contributed by atoms with Gasteiger partial charge in [0.2, 0.25) is 5.91 Å². The molecule has 20 heavy (non-hydrogen) atoms. The highest BCUT2D eigenvalue weighted by Gasteiger charge is 2.43. The summed E-state index contributed by atoms with van der Waals surface area (Å²) in [5, 5.41) is 14.1. The van der Waals surface area contributed by atoms with Crippen molar-refractivity contribution in [1.29, 1.82) is 0 Å². The highest BCUT2D eigenvalue weighted by atomic mass is 32.2. The quantitative estimate of drug-likeness (QED) is 0.805. The minimum atomic E-state index is -0.478. The van der Waals surface area contributed by atoms with Gasteiger partial charge in [-0.2, -0.15) is 11.8 Å². The predicted octanol–water partition coefficient (Wildman–Crippen LogP) is 1.24. The summed E-state index contributed by atoms with van der Waals surface area (Å²) in [4.78, 5) is 14.4. The van der Waals surface area contributed by atoms with E-state index in [0.29, 0.717) is 18.4 Å². The van der Waals surface area contributed by atoms with Crippen LogP contribution in [0.5, 0.6) is 0 Å². The molecule has 0 bridgehead atoms. The third-order valence-electron chi connectivity index (χ3n) is 5.20. The van der Waals surface area contributed by atoms with E-state index >= 15 is 0 Å². The minimum absolute atomic E-state index is 0.276. The van der Waals surface area contributed by atoms with Crippen LogP contribution in [0.1, 0.15) is 38.5 Å². The van der Waals surface area contributed by atoms with E-state index in [9.17, 15) is 9.90 Å². The van der Waals surface area contributed by atoms with Crippen LogP contribution in [-0.4, -0.2) is 58.7 Å². The average molecular weight is 298 g/mol. The Hall–Kier alpha value is -0.260. The number of likely N-dealkylation sites (tertiary alicyclic amines) is 1. The molecule has 1 saturated carbocycles. The zero-order chi connectivity index (χ0) is 14.0. The van der Waals surface area contributed by atoms with Gasteiger partial charge in [-0.1, -0.05) is 12.8 Å². The summed E-state index contributed by atoms with van der Waals surface area (Å²) in [6.45, 7) is 2.53. The summed E-state index contributed by atoms with van der Waals surface area (Å²) < 4.78 is 0. The van der Waals surface area contributed by atoms with Crippen molar-refractivity contribution in [2.24, 2.45) is 5.92 Å². The van der Waals surface area contributed by atoms with Gasteiger partial charge >= 0.3 is 0 Å². The largest absolute Gasteiger partial charge is 0.389 e. The Morgan fingerprint density at radius 3 is 3.10 bits per heavy atom. The fraction of sp³-hybridized carbons (Fsp3) is 0.933. The number of fused-ring (bicyclic) bond motifs is 1. The number of amides is 1. The number of thioether (sulfide) groups is 1. The van der Waals surface area contributed by atoms with Crippen molar-refractivity contribution in [3.63, 3.8) is 0 Å². The zero-order valence-corrected chi connectivity index (χ0v) is 13.0. The van der Waals surface area contributed by atoms with Gasteiger partial charge < -0.3 is 15.3 Å². The van der Waals surface area contributed by atoms with Gasteiger partial charge in [-0.3, -0.25) is 4.79 Å². The molecule has 3 atom stereocenters. The molecule has 0 aromatic heterocycles. The number of nitrogens with one attached hydrogen (secondary N) is 1.